The van der Waals surface area contributed by atoms with E-state index < -0.39 is 23.9 Å². The molecule has 3 aliphatic heterocycles. The molecule has 152 valence electrons. The Hall–Kier alpha value is -3.41. The van der Waals surface area contributed by atoms with Gasteiger partial charge in [-0.3, -0.25) is 14.5 Å². The zero-order valence-electron chi connectivity index (χ0n) is 15.9. The number of aliphatic hydroxyl groups excluding tert-OH is 1. The quantitative estimate of drug-likeness (QED) is 0.733. The summed E-state index contributed by atoms with van der Waals surface area (Å²) in [5, 5.41) is 22.1. The summed E-state index contributed by atoms with van der Waals surface area (Å²) in [6.07, 6.45) is 0. The van der Waals surface area contributed by atoms with Crippen molar-refractivity contribution in [2.24, 2.45) is 11.8 Å². The summed E-state index contributed by atoms with van der Waals surface area (Å²) < 4.78 is 10.7. The maximum absolute atomic E-state index is 13.3. The number of fused-ring (bicyclic) bond motifs is 2. The third-order valence-corrected chi connectivity index (χ3v) is 6.05. The number of hydrogen-bond donors (Lipinski definition) is 2. The standard InChI is InChI=1S/C22H19N3O5/c23-8-12-1-4-14(5-2-12)20-19-18(15(10-26)24-20)21(27)25(22(19)28)9-13-3-6-16-17(7-13)30-11-29-16/h1-7,15,18-20,24,26H,9-11H2. The molecule has 4 atom stereocenters. The molecule has 0 spiro atoms. The Morgan fingerprint density at radius 3 is 2.53 bits per heavy atom. The average molecular weight is 405 g/mol. The molecule has 0 radical (unpaired) electrons. The molecule has 2 saturated heterocycles. The van der Waals surface area contributed by atoms with E-state index in [4.69, 9.17) is 14.7 Å². The molecule has 8 heteroatoms. The van der Waals surface area contributed by atoms with Gasteiger partial charge in [0.25, 0.3) is 0 Å². The van der Waals surface area contributed by atoms with Gasteiger partial charge in [0.15, 0.2) is 11.5 Å². The van der Waals surface area contributed by atoms with Crippen LogP contribution in [0.1, 0.15) is 22.7 Å². The fourth-order valence-electron chi connectivity index (χ4n) is 4.60. The molecule has 8 nitrogen and oxygen atoms in total. The number of imide groups is 1. The molecule has 0 aromatic heterocycles. The van der Waals surface area contributed by atoms with Crippen LogP contribution in [0, 0.1) is 23.2 Å². The number of nitrogens with one attached hydrogen (secondary N) is 1. The molecular weight excluding hydrogens is 386 g/mol. The highest BCUT2D eigenvalue weighted by molar-refractivity contribution is 6.06. The van der Waals surface area contributed by atoms with Gasteiger partial charge < -0.3 is 19.9 Å². The predicted octanol–water partition coefficient (Wildman–Crippen LogP) is 1.09. The van der Waals surface area contributed by atoms with Gasteiger partial charge in [-0.2, -0.15) is 5.26 Å². The number of nitrogens with zero attached hydrogens (tertiary/aromatic N) is 2. The summed E-state index contributed by atoms with van der Waals surface area (Å²) in [4.78, 5) is 27.7. The highest BCUT2D eigenvalue weighted by Gasteiger charge is 2.58. The van der Waals surface area contributed by atoms with Gasteiger partial charge in [-0.05, 0) is 35.4 Å². The maximum atomic E-state index is 13.3. The normalized spacial score (nSPS) is 26.7. The van der Waals surface area contributed by atoms with E-state index >= 15 is 0 Å². The lowest BCUT2D eigenvalue weighted by atomic mass is 9.86. The summed E-state index contributed by atoms with van der Waals surface area (Å²) in [6, 6.07) is 13.4. The van der Waals surface area contributed by atoms with Gasteiger partial charge in [-0.15, -0.1) is 0 Å². The minimum atomic E-state index is -0.628. The van der Waals surface area contributed by atoms with Crippen LogP contribution in [0.5, 0.6) is 11.5 Å². The van der Waals surface area contributed by atoms with Crippen LogP contribution in [0.15, 0.2) is 42.5 Å². The van der Waals surface area contributed by atoms with Gasteiger partial charge >= 0.3 is 0 Å². The van der Waals surface area contributed by atoms with Crippen LogP contribution in [-0.2, 0) is 16.1 Å². The predicted molar refractivity (Wildman–Crippen MR) is 103 cm³/mol. The van der Waals surface area contributed by atoms with Gasteiger partial charge in [0.2, 0.25) is 18.6 Å². The second-order valence-corrected chi connectivity index (χ2v) is 7.67. The molecule has 0 saturated carbocycles. The van der Waals surface area contributed by atoms with Crippen molar-refractivity contribution in [2.75, 3.05) is 13.4 Å². The van der Waals surface area contributed by atoms with Gasteiger partial charge in [-0.1, -0.05) is 18.2 Å². The number of nitriles is 1. The summed E-state index contributed by atoms with van der Waals surface area (Å²) >= 11 is 0. The number of likely N-dealkylation sites (tertiary alicyclic amines) is 1. The van der Waals surface area contributed by atoms with E-state index in [0.717, 1.165) is 11.1 Å². The van der Waals surface area contributed by atoms with Crippen LogP contribution in [0.4, 0.5) is 0 Å². The molecule has 0 bridgehead atoms. The summed E-state index contributed by atoms with van der Waals surface area (Å²) in [6.45, 7) is 0.0466. The number of carbonyl (C=O) groups excluding carboxylic acids is 2. The first-order chi connectivity index (χ1) is 14.6. The first-order valence-corrected chi connectivity index (χ1v) is 9.71. The molecule has 5 rings (SSSR count). The van der Waals surface area contributed by atoms with Gasteiger partial charge in [-0.25, -0.2) is 0 Å². The minimum absolute atomic E-state index is 0.138. The zero-order chi connectivity index (χ0) is 20.8. The van der Waals surface area contributed by atoms with Crippen molar-refractivity contribution in [3.63, 3.8) is 0 Å². The van der Waals surface area contributed by atoms with Crippen LogP contribution in [0.3, 0.4) is 0 Å². The van der Waals surface area contributed by atoms with Crippen molar-refractivity contribution in [1.82, 2.24) is 10.2 Å². The van der Waals surface area contributed by atoms with Crippen molar-refractivity contribution in [3.05, 3.63) is 59.2 Å². The topological polar surface area (TPSA) is 112 Å². The molecule has 2 fully saturated rings. The zero-order valence-corrected chi connectivity index (χ0v) is 15.9. The summed E-state index contributed by atoms with van der Waals surface area (Å²) in [5.41, 5.74) is 2.10. The smallest absolute Gasteiger partial charge is 0.235 e. The second-order valence-electron chi connectivity index (χ2n) is 7.67. The number of aliphatic hydroxyl groups is 1. The van der Waals surface area contributed by atoms with E-state index in [9.17, 15) is 14.7 Å². The van der Waals surface area contributed by atoms with Gasteiger partial charge in [0.1, 0.15) is 0 Å². The molecule has 2 aromatic carbocycles. The number of ether oxygens (including phenoxy) is 2. The van der Waals surface area contributed by atoms with Crippen molar-refractivity contribution in [1.29, 1.82) is 5.26 Å². The van der Waals surface area contributed by atoms with E-state index in [1.165, 1.54) is 4.90 Å². The van der Waals surface area contributed by atoms with E-state index in [1.807, 2.05) is 6.07 Å². The van der Waals surface area contributed by atoms with Crippen LogP contribution in [-0.4, -0.2) is 41.3 Å². The molecule has 30 heavy (non-hydrogen) atoms. The van der Waals surface area contributed by atoms with E-state index in [0.29, 0.717) is 17.1 Å². The average Bonchev–Trinajstić information content (AvgIpc) is 3.45. The first kappa shape index (κ1) is 18.6. The lowest BCUT2D eigenvalue weighted by molar-refractivity contribution is -0.141. The molecule has 2 N–H and O–H groups in total. The molecule has 3 heterocycles. The molecule has 2 aromatic rings. The molecule has 4 unspecified atom stereocenters. The Balaban J connectivity index is 1.43. The Morgan fingerprint density at radius 1 is 1.07 bits per heavy atom. The van der Waals surface area contributed by atoms with Crippen LogP contribution >= 0.6 is 0 Å². The fourth-order valence-corrected chi connectivity index (χ4v) is 4.60. The summed E-state index contributed by atoms with van der Waals surface area (Å²) in [7, 11) is 0. The van der Waals surface area contributed by atoms with Crippen LogP contribution in [0.2, 0.25) is 0 Å². The summed E-state index contributed by atoms with van der Waals surface area (Å²) in [5.74, 6) is -0.545. The largest absolute Gasteiger partial charge is 0.454 e. The van der Waals surface area contributed by atoms with E-state index in [2.05, 4.69) is 11.4 Å². The van der Waals surface area contributed by atoms with Crippen molar-refractivity contribution < 1.29 is 24.2 Å². The lowest BCUT2D eigenvalue weighted by Gasteiger charge is -2.22. The highest BCUT2D eigenvalue weighted by Crippen LogP contribution is 2.44. The van der Waals surface area contributed by atoms with Crippen molar-refractivity contribution in [3.8, 4) is 17.6 Å². The maximum Gasteiger partial charge on any atom is 0.235 e. The first-order valence-electron chi connectivity index (χ1n) is 9.71. The Morgan fingerprint density at radius 2 is 1.80 bits per heavy atom. The van der Waals surface area contributed by atoms with Crippen molar-refractivity contribution >= 4 is 11.8 Å². The van der Waals surface area contributed by atoms with Crippen LogP contribution < -0.4 is 14.8 Å². The lowest BCUT2D eigenvalue weighted by Crippen LogP contribution is -2.40. The Labute approximate surface area is 172 Å². The monoisotopic (exact) mass is 405 g/mol. The minimum Gasteiger partial charge on any atom is -0.454 e. The molecule has 2 amide bonds. The SMILES string of the molecule is N#Cc1ccc(C2NC(CO)C3C(=O)N(Cc4ccc5c(c4)OCO5)C(=O)C23)cc1. The number of benzene rings is 2. The Kier molecular flexibility index (Phi) is 4.42. The number of hydrogen-bond acceptors (Lipinski definition) is 7. The van der Waals surface area contributed by atoms with Crippen LogP contribution in [0.25, 0.3) is 0 Å². The third-order valence-electron chi connectivity index (χ3n) is 6.05. The number of amides is 2. The van der Waals surface area contributed by atoms with Gasteiger partial charge in [0.05, 0.1) is 36.6 Å². The third kappa shape index (κ3) is 2.83. The van der Waals surface area contributed by atoms with Crippen molar-refractivity contribution in [2.45, 2.75) is 18.6 Å². The molecule has 0 aliphatic carbocycles. The van der Waals surface area contributed by atoms with Gasteiger partial charge in [0, 0.05) is 12.1 Å². The Bertz CT molecular complexity index is 1060. The number of rotatable bonds is 4. The molecule has 3 aliphatic rings. The van der Waals surface area contributed by atoms with E-state index in [-0.39, 0.29) is 31.8 Å². The highest BCUT2D eigenvalue weighted by atomic mass is 16.7. The number of carbonyl (C=O) groups is 2. The van der Waals surface area contributed by atoms with E-state index in [1.54, 1.807) is 36.4 Å². The second kappa shape index (κ2) is 7.13. The fraction of sp³-hybridized carbons (Fsp3) is 0.318. The molecular formula is C22H19N3O5.